The summed E-state index contributed by atoms with van der Waals surface area (Å²) < 4.78 is 4.13. The number of likely N-dealkylation sites (N-methyl/N-ethyl adjacent to an activating group) is 1. The van der Waals surface area contributed by atoms with Crippen LogP contribution in [0.25, 0.3) is 44.8 Å². The second kappa shape index (κ2) is 19.0. The lowest BCUT2D eigenvalue weighted by Gasteiger charge is -2.51. The van der Waals surface area contributed by atoms with E-state index in [9.17, 15) is 0 Å². The minimum Gasteiger partial charge on any atom is -0.334 e. The molecule has 4 nitrogen and oxygen atoms in total. The van der Waals surface area contributed by atoms with Gasteiger partial charge in [0.2, 0.25) is 0 Å². The van der Waals surface area contributed by atoms with Gasteiger partial charge in [-0.1, -0.05) is 147 Å². The van der Waals surface area contributed by atoms with E-state index in [1.807, 2.05) is 0 Å². The van der Waals surface area contributed by atoms with Gasteiger partial charge in [0.15, 0.2) is 0 Å². The number of hydrogen-bond donors (Lipinski definition) is 2. The molecular formula is C65H70N4S. The Kier molecular flexibility index (Phi) is 12.1. The third kappa shape index (κ3) is 7.91. The van der Waals surface area contributed by atoms with Gasteiger partial charge in [-0.2, -0.15) is 0 Å². The lowest BCUT2D eigenvalue weighted by Crippen LogP contribution is -2.70. The van der Waals surface area contributed by atoms with Crippen LogP contribution in [0, 0.1) is 17.8 Å². The molecule has 1 saturated heterocycles. The Morgan fingerprint density at radius 3 is 2.34 bits per heavy atom. The van der Waals surface area contributed by atoms with Gasteiger partial charge in [0.1, 0.15) is 0 Å². The minimum atomic E-state index is 0.0468. The Morgan fingerprint density at radius 2 is 1.54 bits per heavy atom. The maximum Gasteiger partial charge on any atom is 0.0858 e. The lowest BCUT2D eigenvalue weighted by molar-refractivity contribution is 0.0430. The number of nitrogens with zero attached hydrogens (tertiary/aromatic N) is 2. The standard InChI is InChI=1S/C65H70N4S/c1-42-50(47-32-34-51(43-20-8-3-9-21-43)55(40-47)44-22-10-4-11-23-44)36-37-52(60(42)65-67-63(45-24-12-5-13-25-45)66-64(68(65)2)46-26-14-6-15-27-46)48-33-35-54-59(41-48)70-58-39-38-57-61(62(54)58)53-30-18-19-31-56(53)69(57)49-28-16-7-17-29-49/h6,8,10,12,14-16,20-22,24-26,28,30-40,42,44,46,48-50,63-67H,3-5,7,9,11,13,17-19,23,27,29,41H2,1-2H3. The van der Waals surface area contributed by atoms with Gasteiger partial charge >= 0.3 is 0 Å². The number of rotatable bonds is 8. The van der Waals surface area contributed by atoms with Crippen molar-refractivity contribution in [1.82, 2.24) is 20.1 Å². The summed E-state index contributed by atoms with van der Waals surface area (Å²) in [5, 5.41) is 14.4. The minimum absolute atomic E-state index is 0.0468. The van der Waals surface area contributed by atoms with E-state index >= 15 is 0 Å². The van der Waals surface area contributed by atoms with E-state index in [-0.39, 0.29) is 36.3 Å². The van der Waals surface area contributed by atoms with Crippen molar-refractivity contribution >= 4 is 56.1 Å². The van der Waals surface area contributed by atoms with Gasteiger partial charge in [0.05, 0.1) is 30.1 Å². The van der Waals surface area contributed by atoms with E-state index in [1.165, 1.54) is 114 Å². The van der Waals surface area contributed by atoms with Crippen molar-refractivity contribution < 1.29 is 0 Å². The molecule has 1 aliphatic heterocycles. The summed E-state index contributed by atoms with van der Waals surface area (Å²) in [6, 6.07) is 12.9. The maximum absolute atomic E-state index is 4.32. The van der Waals surface area contributed by atoms with Crippen LogP contribution in [0.5, 0.6) is 0 Å². The quantitative estimate of drug-likeness (QED) is 0.173. The lowest BCUT2D eigenvalue weighted by atomic mass is 9.70. The zero-order chi connectivity index (χ0) is 46.7. The van der Waals surface area contributed by atoms with Crippen molar-refractivity contribution in [1.29, 1.82) is 0 Å². The number of hydrogen-bond acceptors (Lipinski definition) is 4. The Balaban J connectivity index is 0.934. The summed E-state index contributed by atoms with van der Waals surface area (Å²) in [7, 11) is 2.39. The predicted octanol–water partition coefficient (Wildman–Crippen LogP) is 14.0. The molecule has 13 rings (SSSR count). The molecule has 5 heteroatoms. The summed E-state index contributed by atoms with van der Waals surface area (Å²) in [6.07, 6.45) is 65.4. The number of benzene rings is 2. The SMILES string of the molecule is CC1C(C2NC(C3=CCCC=C3)NC(C3C=CC=CC3)N2C)=C(C2C=Cc3c(sc4ccc5c(c6c(n5C5C=CCCC5)=CCCC=6)c34)C2)C=CC1c1ccc(C2=CCCC=C2)c(C2C=CCCC2)c1. The Hall–Kier alpha value is -5.30. The van der Waals surface area contributed by atoms with Crippen molar-refractivity contribution in [3.8, 4) is 0 Å². The Labute approximate surface area is 420 Å². The van der Waals surface area contributed by atoms with Gasteiger partial charge < -0.3 is 4.57 Å². The highest BCUT2D eigenvalue weighted by Gasteiger charge is 2.43. The van der Waals surface area contributed by atoms with Crippen molar-refractivity contribution in [2.45, 2.75) is 133 Å². The molecule has 2 aromatic heterocycles. The summed E-state index contributed by atoms with van der Waals surface area (Å²) in [6.45, 7) is 2.56. The third-order valence-corrected chi connectivity index (χ3v) is 18.8. The van der Waals surface area contributed by atoms with Crippen molar-refractivity contribution in [3.05, 3.63) is 188 Å². The molecule has 0 bridgehead atoms. The molecule has 2 N–H and O–H groups in total. The van der Waals surface area contributed by atoms with E-state index in [0.29, 0.717) is 17.9 Å². The summed E-state index contributed by atoms with van der Waals surface area (Å²) in [4.78, 5) is 4.20. The molecule has 9 atom stereocenters. The number of allylic oxidation sites excluding steroid dienone is 17. The highest BCUT2D eigenvalue weighted by Crippen LogP contribution is 2.48. The van der Waals surface area contributed by atoms with Crippen LogP contribution in [-0.4, -0.2) is 35.0 Å². The monoisotopic (exact) mass is 939 g/mol. The van der Waals surface area contributed by atoms with Crippen LogP contribution in [0.3, 0.4) is 0 Å². The highest BCUT2D eigenvalue weighted by molar-refractivity contribution is 7.19. The fourth-order valence-corrected chi connectivity index (χ4v) is 15.3. The van der Waals surface area contributed by atoms with E-state index in [0.717, 1.165) is 51.4 Å². The molecule has 4 aromatic rings. The summed E-state index contributed by atoms with van der Waals surface area (Å²) >= 11 is 2.05. The topological polar surface area (TPSA) is 32.2 Å². The van der Waals surface area contributed by atoms with Crippen LogP contribution >= 0.6 is 11.3 Å². The van der Waals surface area contributed by atoms with E-state index in [1.54, 1.807) is 5.57 Å². The van der Waals surface area contributed by atoms with E-state index in [2.05, 4.69) is 197 Å². The number of aromatic nitrogens is 1. The first kappa shape index (κ1) is 44.6. The zero-order valence-corrected chi connectivity index (χ0v) is 42.1. The summed E-state index contributed by atoms with van der Waals surface area (Å²) in [5.74, 6) is 1.64. The van der Waals surface area contributed by atoms with E-state index < -0.39 is 0 Å². The first-order valence-electron chi connectivity index (χ1n) is 27.2. The van der Waals surface area contributed by atoms with E-state index in [4.69, 9.17) is 0 Å². The van der Waals surface area contributed by atoms with Crippen molar-refractivity contribution in [2.24, 2.45) is 17.8 Å². The second-order valence-corrected chi connectivity index (χ2v) is 22.9. The molecule has 9 unspecified atom stereocenters. The van der Waals surface area contributed by atoms with Crippen LogP contribution in [0.15, 0.2) is 150 Å². The Morgan fingerprint density at radius 1 is 0.686 bits per heavy atom. The molecule has 1 fully saturated rings. The largest absolute Gasteiger partial charge is 0.334 e. The third-order valence-electron chi connectivity index (χ3n) is 17.6. The number of nitrogens with one attached hydrogen (secondary N) is 2. The van der Waals surface area contributed by atoms with Crippen LogP contribution in [0.4, 0.5) is 0 Å². The molecule has 0 amide bonds. The highest BCUT2D eigenvalue weighted by atomic mass is 32.1. The molecule has 70 heavy (non-hydrogen) atoms. The molecule has 0 spiro atoms. The van der Waals surface area contributed by atoms with Gasteiger partial charge in [0, 0.05) is 54.6 Å². The molecule has 9 aliphatic rings. The number of thiophene rings is 1. The summed E-state index contributed by atoms with van der Waals surface area (Å²) in [5.41, 5.74) is 13.1. The molecule has 8 aliphatic carbocycles. The predicted molar refractivity (Wildman–Crippen MR) is 298 cm³/mol. The van der Waals surface area contributed by atoms with Crippen LogP contribution in [0.2, 0.25) is 0 Å². The van der Waals surface area contributed by atoms with Crippen molar-refractivity contribution in [3.63, 3.8) is 0 Å². The smallest absolute Gasteiger partial charge is 0.0858 e. The van der Waals surface area contributed by atoms with Crippen molar-refractivity contribution in [2.75, 3.05) is 7.05 Å². The van der Waals surface area contributed by atoms with Gasteiger partial charge in [-0.25, -0.2) is 0 Å². The molecule has 0 radical (unpaired) electrons. The first-order chi connectivity index (χ1) is 34.6. The fourth-order valence-electron chi connectivity index (χ4n) is 14.1. The van der Waals surface area contributed by atoms with Gasteiger partial charge in [-0.05, 0) is 160 Å². The molecule has 0 saturated carbocycles. The fraction of sp³-hybridized carbons (Fsp3) is 0.385. The molecular weight excluding hydrogens is 869 g/mol. The molecule has 3 heterocycles. The molecule has 356 valence electrons. The average molecular weight is 939 g/mol. The average Bonchev–Trinajstić information content (AvgIpc) is 3.97. The van der Waals surface area contributed by atoms with Gasteiger partial charge in [-0.3, -0.25) is 15.5 Å². The van der Waals surface area contributed by atoms with Crippen LogP contribution in [-0.2, 0) is 6.42 Å². The second-order valence-electron chi connectivity index (χ2n) is 21.7. The first-order valence-corrected chi connectivity index (χ1v) is 28.1. The molecule has 2 aromatic carbocycles. The normalized spacial score (nSPS) is 30.6. The zero-order valence-electron chi connectivity index (χ0n) is 41.3. The Bertz CT molecular complexity index is 3220. The van der Waals surface area contributed by atoms with Crippen LogP contribution < -0.4 is 21.2 Å². The number of fused-ring (bicyclic) bond motifs is 7. The maximum atomic E-state index is 4.32. The van der Waals surface area contributed by atoms with Gasteiger partial charge in [-0.15, -0.1) is 11.3 Å². The van der Waals surface area contributed by atoms with Crippen LogP contribution in [0.1, 0.15) is 135 Å². The van der Waals surface area contributed by atoms with Gasteiger partial charge in [0.25, 0.3) is 0 Å².